The number of benzene rings is 2. The smallest absolute Gasteiger partial charge is 0.256 e. The third kappa shape index (κ3) is 4.83. The number of nitrogens with one attached hydrogen (secondary N) is 1. The Hall–Kier alpha value is -3.19. The fourth-order valence-electron chi connectivity index (χ4n) is 3.64. The second kappa shape index (κ2) is 9.53. The van der Waals surface area contributed by atoms with E-state index in [2.05, 4.69) is 43.3 Å². The fraction of sp³-hybridized carbons (Fsp3) is 0.320. The summed E-state index contributed by atoms with van der Waals surface area (Å²) in [6.45, 7) is 8.86. The molecule has 2 aromatic carbocycles. The molecule has 0 unspecified atom stereocenters. The molecule has 4 aromatic rings. The van der Waals surface area contributed by atoms with Gasteiger partial charge in [0.25, 0.3) is 5.91 Å². The quantitative estimate of drug-likeness (QED) is 0.325. The van der Waals surface area contributed by atoms with Crippen molar-refractivity contribution in [3.8, 4) is 10.9 Å². The van der Waals surface area contributed by atoms with Crippen molar-refractivity contribution in [1.29, 1.82) is 0 Å². The molecule has 166 valence electrons. The van der Waals surface area contributed by atoms with Gasteiger partial charge in [0.15, 0.2) is 0 Å². The fourth-order valence-corrected chi connectivity index (χ4v) is 4.75. The first kappa shape index (κ1) is 22.0. The van der Waals surface area contributed by atoms with Gasteiger partial charge in [-0.25, -0.2) is 4.98 Å². The van der Waals surface area contributed by atoms with Crippen molar-refractivity contribution in [1.82, 2.24) is 14.8 Å². The number of fused-ring (bicyclic) bond motifs is 1. The number of rotatable bonds is 8. The monoisotopic (exact) mass is 448 g/mol. The third-order valence-electron chi connectivity index (χ3n) is 5.19. The Morgan fingerprint density at radius 2 is 1.97 bits per heavy atom. The van der Waals surface area contributed by atoms with Crippen LogP contribution in [0.15, 0.2) is 42.5 Å². The highest BCUT2D eigenvalue weighted by Gasteiger charge is 2.16. The molecule has 4 rings (SSSR count). The van der Waals surface area contributed by atoms with Crippen molar-refractivity contribution in [2.75, 3.05) is 11.9 Å². The summed E-state index contributed by atoms with van der Waals surface area (Å²) in [5.41, 5.74) is 4.65. The molecule has 0 bridgehead atoms. The standard InChI is InChI=1S/C25H28N4O2S/c1-5-6-7-11-31-20-10-8-9-19(15-20)24(30)26-22-14-18(4)28-29(22)25-27-23-17(3)12-16(2)13-21(23)32-25/h8-10,12-15H,5-7,11H2,1-4H3,(H,26,30). The molecule has 2 heterocycles. The van der Waals surface area contributed by atoms with E-state index in [9.17, 15) is 4.79 Å². The van der Waals surface area contributed by atoms with E-state index in [0.717, 1.165) is 45.9 Å². The zero-order valence-corrected chi connectivity index (χ0v) is 19.8. The van der Waals surface area contributed by atoms with Crippen molar-refractivity contribution in [3.05, 3.63) is 64.8 Å². The highest BCUT2D eigenvalue weighted by atomic mass is 32.1. The minimum absolute atomic E-state index is 0.210. The molecule has 6 nitrogen and oxygen atoms in total. The van der Waals surface area contributed by atoms with Gasteiger partial charge in [-0.3, -0.25) is 4.79 Å². The summed E-state index contributed by atoms with van der Waals surface area (Å²) < 4.78 is 8.61. The van der Waals surface area contributed by atoms with Crippen LogP contribution in [0.5, 0.6) is 5.75 Å². The summed E-state index contributed by atoms with van der Waals surface area (Å²) in [7, 11) is 0. The summed E-state index contributed by atoms with van der Waals surface area (Å²) in [5.74, 6) is 1.09. The van der Waals surface area contributed by atoms with Crippen LogP contribution in [0.2, 0.25) is 0 Å². The first-order valence-corrected chi connectivity index (χ1v) is 11.8. The number of aryl methyl sites for hydroxylation is 3. The Morgan fingerprint density at radius 3 is 2.78 bits per heavy atom. The second-order valence-electron chi connectivity index (χ2n) is 8.05. The molecule has 2 aromatic heterocycles. The van der Waals surface area contributed by atoms with E-state index in [4.69, 9.17) is 9.72 Å². The Balaban J connectivity index is 1.56. The van der Waals surface area contributed by atoms with Gasteiger partial charge in [0.05, 0.1) is 22.5 Å². The number of ether oxygens (including phenoxy) is 1. The summed E-state index contributed by atoms with van der Waals surface area (Å²) in [6.07, 6.45) is 3.29. The second-order valence-corrected chi connectivity index (χ2v) is 9.05. The van der Waals surface area contributed by atoms with E-state index in [0.29, 0.717) is 23.7 Å². The summed E-state index contributed by atoms with van der Waals surface area (Å²) in [6, 6.07) is 13.4. The van der Waals surface area contributed by atoms with Crippen LogP contribution in [-0.2, 0) is 0 Å². The van der Waals surface area contributed by atoms with Gasteiger partial charge in [-0.1, -0.05) is 43.2 Å². The maximum atomic E-state index is 13.0. The molecule has 0 aliphatic heterocycles. The summed E-state index contributed by atoms with van der Waals surface area (Å²) in [4.78, 5) is 17.8. The van der Waals surface area contributed by atoms with Crippen LogP contribution in [0.25, 0.3) is 15.3 Å². The van der Waals surface area contributed by atoms with Gasteiger partial charge in [-0.2, -0.15) is 9.78 Å². The number of nitrogens with zero attached hydrogens (tertiary/aromatic N) is 3. The molecule has 0 aliphatic rings. The molecule has 1 amide bonds. The predicted octanol–water partition coefficient (Wildman–Crippen LogP) is 6.23. The topological polar surface area (TPSA) is 69.0 Å². The molecular weight excluding hydrogens is 420 g/mol. The number of aromatic nitrogens is 3. The van der Waals surface area contributed by atoms with Gasteiger partial charge in [-0.05, 0) is 62.6 Å². The van der Waals surface area contributed by atoms with E-state index >= 15 is 0 Å². The molecular formula is C25H28N4O2S. The number of carbonyl (C=O) groups excluding carboxylic acids is 1. The molecule has 7 heteroatoms. The SMILES string of the molecule is CCCCCOc1cccc(C(=O)Nc2cc(C)nn2-c2nc3c(C)cc(C)cc3s2)c1. The molecule has 0 fully saturated rings. The van der Waals surface area contributed by atoms with Gasteiger partial charge < -0.3 is 10.1 Å². The number of carbonyl (C=O) groups is 1. The third-order valence-corrected chi connectivity index (χ3v) is 6.16. The molecule has 0 saturated heterocycles. The Kier molecular flexibility index (Phi) is 6.55. The predicted molar refractivity (Wildman–Crippen MR) is 130 cm³/mol. The lowest BCUT2D eigenvalue weighted by Gasteiger charge is -2.09. The van der Waals surface area contributed by atoms with Crippen LogP contribution >= 0.6 is 11.3 Å². The highest BCUT2D eigenvalue weighted by molar-refractivity contribution is 7.20. The lowest BCUT2D eigenvalue weighted by molar-refractivity contribution is 0.102. The van der Waals surface area contributed by atoms with Gasteiger partial charge in [0, 0.05) is 11.6 Å². The van der Waals surface area contributed by atoms with Crippen molar-refractivity contribution >= 4 is 33.3 Å². The average molecular weight is 449 g/mol. The number of hydrogen-bond acceptors (Lipinski definition) is 5. The maximum Gasteiger partial charge on any atom is 0.256 e. The molecule has 0 aliphatic carbocycles. The Morgan fingerprint density at radius 1 is 1.12 bits per heavy atom. The van der Waals surface area contributed by atoms with Crippen LogP contribution < -0.4 is 10.1 Å². The summed E-state index contributed by atoms with van der Waals surface area (Å²) in [5, 5.41) is 8.30. The van der Waals surface area contributed by atoms with Crippen LogP contribution in [0, 0.1) is 20.8 Å². The van der Waals surface area contributed by atoms with Crippen molar-refractivity contribution in [3.63, 3.8) is 0 Å². The van der Waals surface area contributed by atoms with E-state index in [1.54, 1.807) is 28.2 Å². The minimum Gasteiger partial charge on any atom is -0.494 e. The van der Waals surface area contributed by atoms with Crippen molar-refractivity contribution < 1.29 is 9.53 Å². The number of anilines is 1. The molecule has 0 atom stereocenters. The maximum absolute atomic E-state index is 13.0. The summed E-state index contributed by atoms with van der Waals surface area (Å²) >= 11 is 1.56. The lowest BCUT2D eigenvalue weighted by atomic mass is 10.1. The van der Waals surface area contributed by atoms with Gasteiger partial charge in [0.1, 0.15) is 11.6 Å². The van der Waals surface area contributed by atoms with E-state index in [-0.39, 0.29) is 5.91 Å². The van der Waals surface area contributed by atoms with Crippen LogP contribution in [0.3, 0.4) is 0 Å². The van der Waals surface area contributed by atoms with Gasteiger partial charge in [-0.15, -0.1) is 0 Å². The first-order valence-electron chi connectivity index (χ1n) is 10.9. The number of unbranched alkanes of at least 4 members (excludes halogenated alkanes) is 2. The van der Waals surface area contributed by atoms with E-state index in [1.807, 2.05) is 25.1 Å². The van der Waals surface area contributed by atoms with Gasteiger partial charge in [0.2, 0.25) is 5.13 Å². The minimum atomic E-state index is -0.210. The number of hydrogen-bond donors (Lipinski definition) is 1. The highest BCUT2D eigenvalue weighted by Crippen LogP contribution is 2.30. The lowest BCUT2D eigenvalue weighted by Crippen LogP contribution is -2.15. The normalized spacial score (nSPS) is 11.1. The zero-order valence-electron chi connectivity index (χ0n) is 18.9. The van der Waals surface area contributed by atoms with E-state index in [1.165, 1.54) is 5.56 Å². The molecule has 0 radical (unpaired) electrons. The zero-order chi connectivity index (χ0) is 22.7. The largest absolute Gasteiger partial charge is 0.494 e. The van der Waals surface area contributed by atoms with Crippen LogP contribution in [-0.4, -0.2) is 27.3 Å². The molecule has 32 heavy (non-hydrogen) atoms. The number of amides is 1. The van der Waals surface area contributed by atoms with Crippen molar-refractivity contribution in [2.24, 2.45) is 0 Å². The Labute approximate surface area is 192 Å². The molecule has 0 spiro atoms. The Bertz CT molecular complexity index is 1260. The van der Waals surface area contributed by atoms with Crippen molar-refractivity contribution in [2.45, 2.75) is 47.0 Å². The van der Waals surface area contributed by atoms with Crippen LogP contribution in [0.4, 0.5) is 5.82 Å². The van der Waals surface area contributed by atoms with E-state index < -0.39 is 0 Å². The number of thiazole rings is 1. The molecule has 0 saturated carbocycles. The molecule has 1 N–H and O–H groups in total. The first-order chi connectivity index (χ1) is 15.4. The van der Waals surface area contributed by atoms with Crippen LogP contribution in [0.1, 0.15) is 53.4 Å². The average Bonchev–Trinajstić information content (AvgIpc) is 3.34. The van der Waals surface area contributed by atoms with Gasteiger partial charge >= 0.3 is 0 Å².